The molecule has 0 aliphatic carbocycles. The van der Waals surface area contributed by atoms with Gasteiger partial charge in [-0.15, -0.1) is 0 Å². The highest BCUT2D eigenvalue weighted by atomic mass is 28.4. The molecule has 0 saturated heterocycles. The minimum Gasteiger partial charge on any atom is -0.393 e. The quantitative estimate of drug-likeness (QED) is 0.270. The van der Waals surface area contributed by atoms with Crippen LogP contribution in [-0.4, -0.2) is 46.3 Å². The first-order valence-corrected chi connectivity index (χ1v) is 16.1. The molecule has 1 aromatic rings. The predicted molar refractivity (Wildman–Crippen MR) is 101 cm³/mol. The Labute approximate surface area is 188 Å². The van der Waals surface area contributed by atoms with E-state index in [1.54, 1.807) is 0 Å². The lowest BCUT2D eigenvalue weighted by Gasteiger charge is -2.43. The van der Waals surface area contributed by atoms with Gasteiger partial charge in [-0.3, -0.25) is 4.98 Å². The van der Waals surface area contributed by atoms with E-state index in [4.69, 9.17) is 0 Å². The SMILES string of the molecule is C[Si](C)(C)OC(c1cccc(C(O[Si](C)(C)C)(C(F)(F)F)C(F)(F)F)n1)(C(F)(F)F)C(F)(F)F. The Morgan fingerprint density at radius 3 is 0.941 bits per heavy atom. The average molecular weight is 556 g/mol. The van der Waals surface area contributed by atoms with Crippen molar-refractivity contribution in [1.29, 1.82) is 0 Å². The van der Waals surface area contributed by atoms with Gasteiger partial charge in [0.15, 0.2) is 16.6 Å². The molecule has 0 N–H and O–H groups in total. The molecule has 0 radical (unpaired) electrons. The van der Waals surface area contributed by atoms with Gasteiger partial charge >= 0.3 is 24.7 Å². The number of rotatable bonds is 6. The first kappa shape index (κ1) is 30.7. The Morgan fingerprint density at radius 1 is 0.529 bits per heavy atom. The van der Waals surface area contributed by atoms with Crippen molar-refractivity contribution in [1.82, 2.24) is 4.98 Å². The molecule has 0 amide bonds. The Bertz CT molecular complexity index is 769. The molecule has 17 heteroatoms. The molecule has 0 saturated carbocycles. The molecule has 1 heterocycles. The third-order valence-electron chi connectivity index (χ3n) is 3.99. The zero-order chi connectivity index (χ0) is 27.4. The Hall–Kier alpha value is -1.34. The van der Waals surface area contributed by atoms with Crippen LogP contribution in [0.3, 0.4) is 0 Å². The maximum Gasteiger partial charge on any atom is 0.431 e. The molecule has 0 fully saturated rings. The summed E-state index contributed by atoms with van der Waals surface area (Å²) >= 11 is 0. The normalized spacial score (nSPS) is 15.6. The van der Waals surface area contributed by atoms with Crippen molar-refractivity contribution in [3.8, 4) is 0 Å². The summed E-state index contributed by atoms with van der Waals surface area (Å²) in [6.07, 6.45) is -25.4. The van der Waals surface area contributed by atoms with Crippen molar-refractivity contribution in [2.75, 3.05) is 0 Å². The second kappa shape index (κ2) is 8.65. The molecule has 0 bridgehead atoms. The number of hydrogen-bond donors (Lipinski definition) is 0. The van der Waals surface area contributed by atoms with Gasteiger partial charge in [0, 0.05) is 0 Å². The largest absolute Gasteiger partial charge is 0.431 e. The molecular formula is C17H21F12NO2Si2. The molecule has 34 heavy (non-hydrogen) atoms. The van der Waals surface area contributed by atoms with E-state index in [1.807, 2.05) is 0 Å². The number of pyridine rings is 1. The van der Waals surface area contributed by atoms with E-state index in [2.05, 4.69) is 13.8 Å². The van der Waals surface area contributed by atoms with Gasteiger partial charge in [0.25, 0.3) is 11.2 Å². The summed E-state index contributed by atoms with van der Waals surface area (Å²) in [5.74, 6) is 0. The van der Waals surface area contributed by atoms with Gasteiger partial charge in [-0.25, -0.2) is 0 Å². The number of nitrogens with zero attached hydrogens (tertiary/aromatic N) is 1. The minimum atomic E-state index is -6.35. The third-order valence-corrected chi connectivity index (χ3v) is 5.82. The lowest BCUT2D eigenvalue weighted by Crippen LogP contribution is -2.62. The lowest BCUT2D eigenvalue weighted by molar-refractivity contribution is -0.373. The first-order chi connectivity index (χ1) is 14.6. The molecule has 0 aliphatic heterocycles. The van der Waals surface area contributed by atoms with Crippen LogP contribution in [0.25, 0.3) is 0 Å². The maximum absolute atomic E-state index is 13.9. The van der Waals surface area contributed by atoms with E-state index < -0.39 is 63.9 Å². The Morgan fingerprint density at radius 2 is 0.765 bits per heavy atom. The van der Waals surface area contributed by atoms with Crippen molar-refractivity contribution in [3.05, 3.63) is 29.6 Å². The van der Waals surface area contributed by atoms with Crippen LogP contribution in [-0.2, 0) is 20.1 Å². The number of halogens is 12. The number of aromatic nitrogens is 1. The second-order valence-corrected chi connectivity index (χ2v) is 18.0. The molecule has 1 aromatic heterocycles. The number of hydrogen-bond acceptors (Lipinski definition) is 3. The molecule has 0 atom stereocenters. The van der Waals surface area contributed by atoms with E-state index in [1.165, 1.54) is 0 Å². The Kier molecular flexibility index (Phi) is 7.81. The lowest BCUT2D eigenvalue weighted by atomic mass is 9.93. The zero-order valence-electron chi connectivity index (χ0n) is 18.5. The molecule has 0 unspecified atom stereocenters. The van der Waals surface area contributed by atoms with Crippen molar-refractivity contribution < 1.29 is 61.5 Å². The van der Waals surface area contributed by atoms with Crippen LogP contribution in [0.4, 0.5) is 52.7 Å². The highest BCUT2D eigenvalue weighted by molar-refractivity contribution is 6.70. The average Bonchev–Trinajstić information content (AvgIpc) is 2.51. The smallest absolute Gasteiger partial charge is 0.393 e. The van der Waals surface area contributed by atoms with Crippen LogP contribution in [0.5, 0.6) is 0 Å². The standard InChI is InChI=1S/C17H21F12NO2Si2/c1-33(2,3)31-12(14(18,19)20,15(21,22)23)10-8-7-9-11(30-10)13(16(24,25)26,17(27,28)29)32-34(4,5)6/h7-9H,1-6H3. The molecule has 0 aliphatic rings. The van der Waals surface area contributed by atoms with Gasteiger partial charge in [-0.2, -0.15) is 52.7 Å². The fourth-order valence-corrected chi connectivity index (χ4v) is 5.49. The summed E-state index contributed by atoms with van der Waals surface area (Å²) in [5.41, 5.74) is -15.0. The van der Waals surface area contributed by atoms with E-state index in [-0.39, 0.29) is 18.2 Å². The van der Waals surface area contributed by atoms with Crippen LogP contribution in [0.2, 0.25) is 39.3 Å². The third kappa shape index (κ3) is 5.72. The second-order valence-electron chi connectivity index (χ2n) is 9.19. The summed E-state index contributed by atoms with van der Waals surface area (Å²) < 4.78 is 176. The van der Waals surface area contributed by atoms with Gasteiger partial charge in [0.1, 0.15) is 0 Å². The van der Waals surface area contributed by atoms with Gasteiger partial charge in [-0.05, 0) is 51.4 Å². The fraction of sp³-hybridized carbons (Fsp3) is 0.706. The van der Waals surface area contributed by atoms with Crippen molar-refractivity contribution in [3.63, 3.8) is 0 Å². The van der Waals surface area contributed by atoms with Gasteiger partial charge in [0.05, 0.1) is 11.4 Å². The molecule has 0 aromatic carbocycles. The van der Waals surface area contributed by atoms with Gasteiger partial charge in [-0.1, -0.05) is 6.07 Å². The van der Waals surface area contributed by atoms with Crippen LogP contribution >= 0.6 is 0 Å². The van der Waals surface area contributed by atoms with E-state index in [0.29, 0.717) is 0 Å². The first-order valence-electron chi connectivity index (χ1n) is 9.28. The van der Waals surface area contributed by atoms with E-state index in [9.17, 15) is 52.7 Å². The van der Waals surface area contributed by atoms with E-state index >= 15 is 0 Å². The molecule has 3 nitrogen and oxygen atoms in total. The highest BCUT2D eigenvalue weighted by Gasteiger charge is 2.77. The molecular weight excluding hydrogens is 534 g/mol. The molecule has 1 rings (SSSR count). The van der Waals surface area contributed by atoms with Crippen molar-refractivity contribution in [2.45, 2.75) is 75.2 Å². The summed E-state index contributed by atoms with van der Waals surface area (Å²) in [6, 6.07) is 0.199. The van der Waals surface area contributed by atoms with Crippen LogP contribution in [0.15, 0.2) is 18.2 Å². The van der Waals surface area contributed by atoms with E-state index in [0.717, 1.165) is 39.3 Å². The highest BCUT2D eigenvalue weighted by Crippen LogP contribution is 2.56. The molecule has 0 spiro atoms. The summed E-state index contributed by atoms with van der Waals surface area (Å²) in [4.78, 5) is 2.67. The minimum absolute atomic E-state index is 0.0106. The monoisotopic (exact) mass is 555 g/mol. The van der Waals surface area contributed by atoms with Crippen molar-refractivity contribution >= 4 is 16.6 Å². The Balaban J connectivity index is 4.20. The summed E-state index contributed by atoms with van der Waals surface area (Å²) in [6.45, 7) is 5.54. The fourth-order valence-electron chi connectivity index (χ4n) is 2.98. The van der Waals surface area contributed by atoms with Crippen LogP contribution < -0.4 is 0 Å². The number of alkyl halides is 12. The predicted octanol–water partition coefficient (Wildman–Crippen LogP) is 7.42. The summed E-state index contributed by atoms with van der Waals surface area (Å²) in [5, 5.41) is 0. The maximum atomic E-state index is 13.9. The van der Waals surface area contributed by atoms with Crippen molar-refractivity contribution in [2.24, 2.45) is 0 Å². The van der Waals surface area contributed by atoms with Gasteiger partial charge in [0.2, 0.25) is 0 Å². The van der Waals surface area contributed by atoms with Crippen LogP contribution in [0, 0.1) is 0 Å². The zero-order valence-corrected chi connectivity index (χ0v) is 20.5. The molecule has 198 valence electrons. The van der Waals surface area contributed by atoms with Gasteiger partial charge < -0.3 is 8.85 Å². The topological polar surface area (TPSA) is 31.4 Å². The summed E-state index contributed by atoms with van der Waals surface area (Å²) in [7, 11) is -7.64. The van der Waals surface area contributed by atoms with Crippen LogP contribution in [0.1, 0.15) is 11.4 Å².